The van der Waals surface area contributed by atoms with Crippen molar-refractivity contribution in [1.82, 2.24) is 15.2 Å². The number of aromatic amines is 2. The van der Waals surface area contributed by atoms with E-state index in [4.69, 9.17) is 4.74 Å². The first-order chi connectivity index (χ1) is 8.58. The van der Waals surface area contributed by atoms with Crippen molar-refractivity contribution in [2.75, 3.05) is 6.61 Å². The average molecular weight is 273 g/mol. The van der Waals surface area contributed by atoms with Crippen molar-refractivity contribution in [3.63, 3.8) is 0 Å². The van der Waals surface area contributed by atoms with Gasteiger partial charge in [-0.25, -0.2) is 9.89 Å². The highest BCUT2D eigenvalue weighted by Crippen LogP contribution is 2.21. The maximum absolute atomic E-state index is 11.7. The zero-order valence-corrected chi connectivity index (χ0v) is 11.0. The molecule has 0 aliphatic carbocycles. The van der Waals surface area contributed by atoms with Crippen LogP contribution in [0.5, 0.6) is 0 Å². The molecule has 1 rings (SSSR count). The van der Waals surface area contributed by atoms with Crippen LogP contribution in [-0.2, 0) is 9.53 Å². The van der Waals surface area contributed by atoms with E-state index in [1.54, 1.807) is 0 Å². The number of aromatic nitrogens is 3. The van der Waals surface area contributed by atoms with E-state index in [0.717, 1.165) is 18.2 Å². The molecule has 0 saturated carbocycles. The van der Waals surface area contributed by atoms with Crippen LogP contribution in [0.3, 0.4) is 0 Å². The van der Waals surface area contributed by atoms with Crippen molar-refractivity contribution in [3.05, 3.63) is 20.8 Å². The molecule has 0 aliphatic heterocycles. The molecule has 0 spiro atoms. The number of ether oxygens (including phenoxy) is 1. The van der Waals surface area contributed by atoms with Gasteiger partial charge < -0.3 is 4.74 Å². The standard InChI is InChI=1S/C10H15N3O4S/c1-3-5-17-9(15)6(4-2)18-8-7(14)11-10(16)13-12-8/h6H,3-5H2,1-2H3,(H2,11,13,14,16)/t6-/m0/s1. The van der Waals surface area contributed by atoms with Crippen LogP contribution in [0.1, 0.15) is 26.7 Å². The zero-order chi connectivity index (χ0) is 13.5. The van der Waals surface area contributed by atoms with Crippen molar-refractivity contribution >= 4 is 17.7 Å². The van der Waals surface area contributed by atoms with Crippen LogP contribution in [0.25, 0.3) is 0 Å². The van der Waals surface area contributed by atoms with Crippen molar-refractivity contribution in [3.8, 4) is 0 Å². The van der Waals surface area contributed by atoms with Gasteiger partial charge in [-0.2, -0.15) is 5.10 Å². The number of hydrogen-bond acceptors (Lipinski definition) is 6. The summed E-state index contributed by atoms with van der Waals surface area (Å²) in [5.74, 6) is -0.378. The predicted molar refractivity (Wildman–Crippen MR) is 66.7 cm³/mol. The molecule has 1 atom stereocenters. The van der Waals surface area contributed by atoms with Crippen LogP contribution < -0.4 is 11.2 Å². The quantitative estimate of drug-likeness (QED) is 0.570. The van der Waals surface area contributed by atoms with Gasteiger partial charge in [0.2, 0.25) is 0 Å². The lowest BCUT2D eigenvalue weighted by Crippen LogP contribution is -2.27. The highest BCUT2D eigenvalue weighted by atomic mass is 32.2. The predicted octanol–water partition coefficient (Wildman–Crippen LogP) is 0.282. The molecule has 0 aliphatic rings. The van der Waals surface area contributed by atoms with E-state index in [1.165, 1.54) is 0 Å². The smallest absolute Gasteiger partial charge is 0.342 e. The highest BCUT2D eigenvalue weighted by molar-refractivity contribution is 8.00. The summed E-state index contributed by atoms with van der Waals surface area (Å²) in [5, 5.41) is 5.27. The molecule has 1 aromatic rings. The van der Waals surface area contributed by atoms with Crippen LogP contribution in [0, 0.1) is 0 Å². The summed E-state index contributed by atoms with van der Waals surface area (Å²) in [6, 6.07) is 0. The maximum Gasteiger partial charge on any atom is 0.342 e. The molecule has 0 saturated heterocycles. The molecule has 18 heavy (non-hydrogen) atoms. The number of nitrogens with one attached hydrogen (secondary N) is 2. The highest BCUT2D eigenvalue weighted by Gasteiger charge is 2.21. The normalized spacial score (nSPS) is 12.1. The van der Waals surface area contributed by atoms with E-state index < -0.39 is 16.5 Å². The molecule has 0 amide bonds. The first-order valence-corrected chi connectivity index (χ1v) is 6.48. The van der Waals surface area contributed by atoms with E-state index in [9.17, 15) is 14.4 Å². The fraction of sp³-hybridized carbons (Fsp3) is 0.600. The lowest BCUT2D eigenvalue weighted by molar-refractivity contribution is -0.143. The second-order valence-electron chi connectivity index (χ2n) is 3.49. The Bertz CT molecular complexity index is 510. The van der Waals surface area contributed by atoms with Crippen LogP contribution in [0.2, 0.25) is 0 Å². The lowest BCUT2D eigenvalue weighted by atomic mass is 10.3. The SMILES string of the molecule is CCCOC(=O)[C@H](CC)Sc1n[nH]c(=O)[nH]c1=O. The van der Waals surface area contributed by atoms with Gasteiger partial charge in [0.1, 0.15) is 5.25 Å². The minimum absolute atomic E-state index is 0.0508. The Hall–Kier alpha value is -1.57. The van der Waals surface area contributed by atoms with E-state index in [0.29, 0.717) is 13.0 Å². The van der Waals surface area contributed by atoms with Gasteiger partial charge in [-0.05, 0) is 12.8 Å². The molecule has 0 bridgehead atoms. The Balaban J connectivity index is 2.76. The van der Waals surface area contributed by atoms with Gasteiger partial charge in [-0.3, -0.25) is 14.6 Å². The molecule has 2 N–H and O–H groups in total. The van der Waals surface area contributed by atoms with Gasteiger partial charge in [0.05, 0.1) is 6.61 Å². The van der Waals surface area contributed by atoms with Gasteiger partial charge in [0.25, 0.3) is 5.56 Å². The molecule has 1 heterocycles. The minimum Gasteiger partial charge on any atom is -0.465 e. The first-order valence-electron chi connectivity index (χ1n) is 5.60. The summed E-state index contributed by atoms with van der Waals surface area (Å²) in [7, 11) is 0. The van der Waals surface area contributed by atoms with Gasteiger partial charge in [-0.15, -0.1) is 0 Å². The van der Waals surface area contributed by atoms with E-state index in [1.807, 2.05) is 18.8 Å². The monoisotopic (exact) mass is 273 g/mol. The first kappa shape index (κ1) is 14.5. The van der Waals surface area contributed by atoms with Gasteiger partial charge in [-0.1, -0.05) is 25.6 Å². The number of rotatable bonds is 6. The number of thioether (sulfide) groups is 1. The van der Waals surface area contributed by atoms with Crippen LogP contribution in [-0.4, -0.2) is 33.0 Å². The number of carbonyl (C=O) groups is 1. The van der Waals surface area contributed by atoms with Crippen LogP contribution >= 0.6 is 11.8 Å². The number of nitrogens with zero attached hydrogens (tertiary/aromatic N) is 1. The van der Waals surface area contributed by atoms with Gasteiger partial charge in [0, 0.05) is 0 Å². The van der Waals surface area contributed by atoms with Crippen LogP contribution in [0.15, 0.2) is 14.6 Å². The fourth-order valence-corrected chi connectivity index (χ4v) is 2.00. The molecule has 0 aromatic carbocycles. The van der Waals surface area contributed by atoms with Gasteiger partial charge in [0.15, 0.2) is 5.03 Å². The summed E-state index contributed by atoms with van der Waals surface area (Å²) in [6.45, 7) is 4.06. The number of carbonyl (C=O) groups excluding carboxylic acids is 1. The second-order valence-corrected chi connectivity index (χ2v) is 4.69. The van der Waals surface area contributed by atoms with Crippen molar-refractivity contribution < 1.29 is 9.53 Å². The third-order valence-electron chi connectivity index (χ3n) is 2.02. The Morgan fingerprint density at radius 1 is 1.44 bits per heavy atom. The molecule has 100 valence electrons. The molecular weight excluding hydrogens is 258 g/mol. The Labute approximate surface area is 107 Å². The lowest BCUT2D eigenvalue weighted by Gasteiger charge is -2.11. The maximum atomic E-state index is 11.7. The second kappa shape index (κ2) is 7.00. The van der Waals surface area contributed by atoms with E-state index in [2.05, 4.69) is 10.2 Å². The molecule has 0 radical (unpaired) electrons. The number of hydrogen-bond donors (Lipinski definition) is 2. The van der Waals surface area contributed by atoms with E-state index >= 15 is 0 Å². The Morgan fingerprint density at radius 2 is 2.17 bits per heavy atom. The molecule has 7 nitrogen and oxygen atoms in total. The summed E-state index contributed by atoms with van der Waals surface area (Å²) in [6.07, 6.45) is 1.25. The van der Waals surface area contributed by atoms with E-state index in [-0.39, 0.29) is 11.0 Å². The summed E-state index contributed by atoms with van der Waals surface area (Å²) >= 11 is 0.983. The molecule has 0 fully saturated rings. The summed E-state index contributed by atoms with van der Waals surface area (Å²) in [4.78, 5) is 35.9. The molecular formula is C10H15N3O4S. The summed E-state index contributed by atoms with van der Waals surface area (Å²) in [5.41, 5.74) is -1.28. The zero-order valence-electron chi connectivity index (χ0n) is 10.2. The van der Waals surface area contributed by atoms with Gasteiger partial charge >= 0.3 is 11.7 Å². The molecule has 8 heteroatoms. The third-order valence-corrected chi connectivity index (χ3v) is 3.33. The fourth-order valence-electron chi connectivity index (χ4n) is 1.15. The third kappa shape index (κ3) is 4.02. The number of esters is 1. The molecule has 1 aromatic heterocycles. The summed E-state index contributed by atoms with van der Waals surface area (Å²) < 4.78 is 5.01. The Kier molecular flexibility index (Phi) is 5.63. The van der Waals surface area contributed by atoms with Crippen molar-refractivity contribution in [1.29, 1.82) is 0 Å². The minimum atomic E-state index is -0.675. The van der Waals surface area contributed by atoms with Crippen LogP contribution in [0.4, 0.5) is 0 Å². The Morgan fingerprint density at radius 3 is 2.72 bits per heavy atom. The largest absolute Gasteiger partial charge is 0.465 e. The topological polar surface area (TPSA) is 105 Å². The number of H-pyrrole nitrogens is 2. The molecule has 0 unspecified atom stereocenters. The average Bonchev–Trinajstić information content (AvgIpc) is 2.35. The van der Waals surface area contributed by atoms with Crippen molar-refractivity contribution in [2.45, 2.75) is 37.0 Å². The van der Waals surface area contributed by atoms with Crippen molar-refractivity contribution in [2.24, 2.45) is 0 Å².